The Morgan fingerprint density at radius 1 is 1.38 bits per heavy atom. The fourth-order valence-corrected chi connectivity index (χ4v) is 3.06. The van der Waals surface area contributed by atoms with Crippen LogP contribution in [0.4, 0.5) is 20.4 Å². The van der Waals surface area contributed by atoms with Crippen molar-refractivity contribution in [2.75, 3.05) is 23.3 Å². The summed E-state index contributed by atoms with van der Waals surface area (Å²) < 4.78 is 28.8. The molecular formula is C18H16F2N8O. The van der Waals surface area contributed by atoms with Crippen molar-refractivity contribution in [2.45, 2.75) is 19.8 Å². The number of aromatic nitrogens is 5. The summed E-state index contributed by atoms with van der Waals surface area (Å²) >= 11 is 0. The Morgan fingerprint density at radius 3 is 2.79 bits per heavy atom. The van der Waals surface area contributed by atoms with E-state index < -0.39 is 11.7 Å². The molecule has 0 unspecified atom stereocenters. The second-order valence-corrected chi connectivity index (χ2v) is 6.86. The number of hydrogen-bond donors (Lipinski definition) is 1. The molecule has 1 aliphatic heterocycles. The minimum absolute atomic E-state index is 0.0914. The van der Waals surface area contributed by atoms with E-state index in [0.29, 0.717) is 35.6 Å². The van der Waals surface area contributed by atoms with E-state index in [0.717, 1.165) is 6.92 Å². The third kappa shape index (κ3) is 3.44. The Balaban J connectivity index is 1.86. The lowest BCUT2D eigenvalue weighted by molar-refractivity contribution is -0.114. The molecule has 0 radical (unpaired) electrons. The number of hydrogen-bond acceptors (Lipinski definition) is 7. The lowest BCUT2D eigenvalue weighted by Crippen LogP contribution is -2.46. The number of rotatable bonds is 4. The van der Waals surface area contributed by atoms with Gasteiger partial charge in [0.05, 0.1) is 22.9 Å². The van der Waals surface area contributed by atoms with E-state index in [9.17, 15) is 13.6 Å². The van der Waals surface area contributed by atoms with E-state index in [2.05, 4.69) is 31.4 Å². The van der Waals surface area contributed by atoms with Crippen molar-refractivity contribution in [3.8, 4) is 11.9 Å². The van der Waals surface area contributed by atoms with Crippen molar-refractivity contribution >= 4 is 28.4 Å². The quantitative estimate of drug-likeness (QED) is 0.717. The molecule has 3 aromatic rings. The summed E-state index contributed by atoms with van der Waals surface area (Å²) in [4.78, 5) is 25.1. The second-order valence-electron chi connectivity index (χ2n) is 6.86. The van der Waals surface area contributed by atoms with Gasteiger partial charge in [-0.1, -0.05) is 0 Å². The number of fused-ring (bicyclic) bond motifs is 1. The zero-order chi connectivity index (χ0) is 20.8. The molecule has 0 aliphatic carbocycles. The van der Waals surface area contributed by atoms with Gasteiger partial charge in [-0.25, -0.2) is 19.6 Å². The molecule has 0 atom stereocenters. The van der Waals surface area contributed by atoms with Crippen LogP contribution in [-0.2, 0) is 10.7 Å². The Bertz CT molecular complexity index is 1140. The molecule has 1 N–H and O–H groups in total. The van der Waals surface area contributed by atoms with Crippen LogP contribution in [0.3, 0.4) is 0 Å². The molecule has 4 heterocycles. The maximum atomic E-state index is 13.7. The standard InChI is InChI=1S/C18H16F2N8O/c1-10(29)24-14-5-13-12(7-23-14)16(27-8-11(6-21)9-27)26-28(13)15-3-4-22-17(25-15)18(2,19)20/h3-5,7,11H,8-9H2,1-2H3,(H,23,24,29). The van der Waals surface area contributed by atoms with Crippen LogP contribution < -0.4 is 10.2 Å². The van der Waals surface area contributed by atoms with Crippen LogP contribution in [0.1, 0.15) is 19.7 Å². The number of nitriles is 1. The van der Waals surface area contributed by atoms with E-state index in [1.165, 1.54) is 23.9 Å². The van der Waals surface area contributed by atoms with Crippen LogP contribution in [0.2, 0.25) is 0 Å². The highest BCUT2D eigenvalue weighted by Gasteiger charge is 2.32. The van der Waals surface area contributed by atoms with E-state index in [1.807, 2.05) is 4.90 Å². The number of nitrogens with one attached hydrogen (secondary N) is 1. The van der Waals surface area contributed by atoms with Gasteiger partial charge >= 0.3 is 5.92 Å². The van der Waals surface area contributed by atoms with Crippen molar-refractivity contribution in [3.05, 3.63) is 30.4 Å². The number of amides is 1. The maximum absolute atomic E-state index is 13.7. The normalized spacial score (nSPS) is 14.5. The van der Waals surface area contributed by atoms with Crippen molar-refractivity contribution in [2.24, 2.45) is 5.92 Å². The Hall–Kier alpha value is -3.68. The van der Waals surface area contributed by atoms with Crippen molar-refractivity contribution in [1.82, 2.24) is 24.7 Å². The number of anilines is 2. The van der Waals surface area contributed by atoms with E-state index in [1.54, 1.807) is 12.3 Å². The van der Waals surface area contributed by atoms with E-state index >= 15 is 0 Å². The van der Waals surface area contributed by atoms with Crippen LogP contribution >= 0.6 is 0 Å². The highest BCUT2D eigenvalue weighted by atomic mass is 19.3. The third-order valence-electron chi connectivity index (χ3n) is 4.46. The van der Waals surface area contributed by atoms with Gasteiger partial charge in [0.15, 0.2) is 11.6 Å². The second kappa shape index (κ2) is 6.73. The van der Waals surface area contributed by atoms with E-state index in [4.69, 9.17) is 5.26 Å². The summed E-state index contributed by atoms with van der Waals surface area (Å²) in [6.45, 7) is 3.10. The molecule has 29 heavy (non-hydrogen) atoms. The van der Waals surface area contributed by atoms with Gasteiger partial charge in [-0.05, 0) is 0 Å². The molecule has 9 nitrogen and oxygen atoms in total. The van der Waals surface area contributed by atoms with Gasteiger partial charge in [-0.2, -0.15) is 14.0 Å². The minimum Gasteiger partial charge on any atom is -0.352 e. The fraction of sp³-hybridized carbons (Fsp3) is 0.333. The number of alkyl halides is 2. The van der Waals surface area contributed by atoms with Crippen LogP contribution in [-0.4, -0.2) is 43.7 Å². The van der Waals surface area contributed by atoms with Gasteiger partial charge < -0.3 is 10.2 Å². The lowest BCUT2D eigenvalue weighted by Gasteiger charge is -2.35. The summed E-state index contributed by atoms with van der Waals surface area (Å²) in [5.41, 5.74) is 0.531. The van der Waals surface area contributed by atoms with Crippen LogP contribution in [0.5, 0.6) is 0 Å². The zero-order valence-electron chi connectivity index (χ0n) is 15.6. The van der Waals surface area contributed by atoms with Crippen LogP contribution in [0, 0.1) is 17.2 Å². The summed E-state index contributed by atoms with van der Waals surface area (Å²) in [5.74, 6) is -3.19. The van der Waals surface area contributed by atoms with Crippen molar-refractivity contribution in [1.29, 1.82) is 5.26 Å². The maximum Gasteiger partial charge on any atom is 0.303 e. The number of halogens is 2. The lowest BCUT2D eigenvalue weighted by atomic mass is 10.0. The van der Waals surface area contributed by atoms with Gasteiger partial charge in [-0.15, -0.1) is 5.10 Å². The molecule has 0 bridgehead atoms. The summed E-state index contributed by atoms with van der Waals surface area (Å²) in [5, 5.41) is 16.8. The topological polar surface area (TPSA) is 113 Å². The van der Waals surface area contributed by atoms with Crippen LogP contribution in [0.15, 0.2) is 24.5 Å². The SMILES string of the molecule is CC(=O)Nc1cc2c(cn1)c(N1CC(C#N)C1)nn2-c1ccnc(C(C)(F)F)n1. The van der Waals surface area contributed by atoms with Crippen molar-refractivity contribution in [3.63, 3.8) is 0 Å². The summed E-state index contributed by atoms with van der Waals surface area (Å²) in [7, 11) is 0. The smallest absolute Gasteiger partial charge is 0.303 e. The average Bonchev–Trinajstić information content (AvgIpc) is 2.98. The molecule has 1 fully saturated rings. The molecule has 0 spiro atoms. The number of carbonyl (C=O) groups is 1. The molecule has 0 saturated carbocycles. The highest BCUT2D eigenvalue weighted by Crippen LogP contribution is 2.33. The number of nitrogens with zero attached hydrogens (tertiary/aromatic N) is 7. The predicted octanol–water partition coefficient (Wildman–Crippen LogP) is 2.24. The summed E-state index contributed by atoms with van der Waals surface area (Å²) in [6.07, 6.45) is 2.79. The molecule has 1 amide bonds. The van der Waals surface area contributed by atoms with Gasteiger partial charge in [0.1, 0.15) is 5.82 Å². The predicted molar refractivity (Wildman–Crippen MR) is 99.6 cm³/mol. The first-order valence-corrected chi connectivity index (χ1v) is 8.79. The number of pyridine rings is 1. The first-order chi connectivity index (χ1) is 13.8. The van der Waals surface area contributed by atoms with Crippen molar-refractivity contribution < 1.29 is 13.6 Å². The molecule has 148 valence electrons. The molecular weight excluding hydrogens is 382 g/mol. The largest absolute Gasteiger partial charge is 0.352 e. The zero-order valence-corrected chi connectivity index (χ0v) is 15.6. The molecule has 0 aromatic carbocycles. The fourth-order valence-electron chi connectivity index (χ4n) is 3.06. The van der Waals surface area contributed by atoms with Gasteiger partial charge in [0, 0.05) is 51.5 Å². The van der Waals surface area contributed by atoms with Gasteiger partial charge in [0.25, 0.3) is 0 Å². The average molecular weight is 398 g/mol. The first-order valence-electron chi connectivity index (χ1n) is 8.79. The highest BCUT2D eigenvalue weighted by molar-refractivity contribution is 5.95. The van der Waals surface area contributed by atoms with Gasteiger partial charge in [-0.3, -0.25) is 4.79 Å². The molecule has 11 heteroatoms. The Labute approximate surface area is 164 Å². The van der Waals surface area contributed by atoms with Crippen LogP contribution in [0.25, 0.3) is 16.7 Å². The van der Waals surface area contributed by atoms with Gasteiger partial charge in [0.2, 0.25) is 11.7 Å². The molecule has 1 aliphatic rings. The monoisotopic (exact) mass is 398 g/mol. The molecule has 3 aromatic heterocycles. The molecule has 4 rings (SSSR count). The van der Waals surface area contributed by atoms with E-state index in [-0.39, 0.29) is 17.6 Å². The molecule has 1 saturated heterocycles. The number of carbonyl (C=O) groups excluding carboxylic acids is 1. The Morgan fingerprint density at radius 2 is 2.14 bits per heavy atom. The summed E-state index contributed by atoms with van der Waals surface area (Å²) in [6, 6.07) is 5.27. The third-order valence-corrected chi connectivity index (χ3v) is 4.46. The first kappa shape index (κ1) is 18.7. The minimum atomic E-state index is -3.21. The Kier molecular flexibility index (Phi) is 4.34.